The highest BCUT2D eigenvalue weighted by Gasteiger charge is 2.37. The van der Waals surface area contributed by atoms with Gasteiger partial charge < -0.3 is 14.8 Å². The summed E-state index contributed by atoms with van der Waals surface area (Å²) in [6.45, 7) is 3.60. The molecule has 6 heteroatoms. The third kappa shape index (κ3) is 3.23. The molecular weight excluding hydrogens is 330 g/mol. The first kappa shape index (κ1) is 16.8. The maximum atomic E-state index is 12.5. The summed E-state index contributed by atoms with van der Waals surface area (Å²) in [7, 11) is 0. The molecule has 2 aliphatic rings. The summed E-state index contributed by atoms with van der Waals surface area (Å²) >= 11 is 0. The van der Waals surface area contributed by atoms with E-state index < -0.39 is 0 Å². The van der Waals surface area contributed by atoms with E-state index in [1.807, 2.05) is 13.0 Å². The first-order valence-electron chi connectivity index (χ1n) is 9.14. The van der Waals surface area contributed by atoms with Gasteiger partial charge in [-0.05, 0) is 43.5 Å². The third-order valence-corrected chi connectivity index (χ3v) is 5.34. The number of hydrogen-bond acceptors (Lipinski definition) is 5. The number of hydrogen-bond donors (Lipinski definition) is 1. The van der Waals surface area contributed by atoms with E-state index in [2.05, 4.69) is 27.6 Å². The van der Waals surface area contributed by atoms with E-state index in [4.69, 9.17) is 9.47 Å². The Labute approximate surface area is 152 Å². The molecule has 6 nitrogen and oxygen atoms in total. The number of fused-ring (bicyclic) bond motifs is 1. The minimum Gasteiger partial charge on any atom is -0.486 e. The van der Waals surface area contributed by atoms with Gasteiger partial charge in [0.05, 0.1) is 17.5 Å². The highest BCUT2D eigenvalue weighted by atomic mass is 16.6. The zero-order chi connectivity index (χ0) is 18.0. The van der Waals surface area contributed by atoms with Crippen molar-refractivity contribution >= 4 is 5.91 Å². The zero-order valence-corrected chi connectivity index (χ0v) is 15.0. The summed E-state index contributed by atoms with van der Waals surface area (Å²) in [5.41, 5.74) is 2.44. The van der Waals surface area contributed by atoms with E-state index in [0.29, 0.717) is 25.3 Å². The summed E-state index contributed by atoms with van der Waals surface area (Å²) in [6, 6.07) is 7.95. The fourth-order valence-corrected chi connectivity index (χ4v) is 3.94. The highest BCUT2D eigenvalue weighted by Crippen LogP contribution is 2.43. The van der Waals surface area contributed by atoms with Crippen LogP contribution in [0.2, 0.25) is 0 Å². The lowest BCUT2D eigenvalue weighted by atomic mass is 9.78. The van der Waals surface area contributed by atoms with Crippen molar-refractivity contribution in [3.8, 4) is 11.5 Å². The summed E-state index contributed by atoms with van der Waals surface area (Å²) in [5.74, 6) is 1.50. The number of rotatable bonds is 4. The summed E-state index contributed by atoms with van der Waals surface area (Å²) in [4.78, 5) is 12.5. The molecule has 1 amide bonds. The van der Waals surface area contributed by atoms with Crippen molar-refractivity contribution < 1.29 is 14.3 Å². The molecule has 136 valence electrons. The second kappa shape index (κ2) is 6.94. The van der Waals surface area contributed by atoms with Gasteiger partial charge in [0.2, 0.25) is 0 Å². The topological polar surface area (TPSA) is 73.3 Å². The van der Waals surface area contributed by atoms with Crippen LogP contribution in [0.5, 0.6) is 11.5 Å². The normalized spacial score (nSPS) is 17.7. The minimum atomic E-state index is -0.105. The fourth-order valence-electron chi connectivity index (χ4n) is 3.94. The van der Waals surface area contributed by atoms with Gasteiger partial charge in [-0.1, -0.05) is 18.9 Å². The Hall–Kier alpha value is -2.63. The van der Waals surface area contributed by atoms with Gasteiger partial charge in [0.1, 0.15) is 13.2 Å². The molecule has 0 saturated heterocycles. The van der Waals surface area contributed by atoms with E-state index in [-0.39, 0.29) is 11.3 Å². The van der Waals surface area contributed by atoms with E-state index in [1.165, 1.54) is 24.6 Å². The van der Waals surface area contributed by atoms with Crippen molar-refractivity contribution in [2.75, 3.05) is 19.8 Å². The second-order valence-electron chi connectivity index (χ2n) is 7.11. The van der Waals surface area contributed by atoms with Crippen molar-refractivity contribution in [2.24, 2.45) is 0 Å². The molecule has 4 rings (SSSR count). The predicted molar refractivity (Wildman–Crippen MR) is 96.7 cm³/mol. The molecule has 2 aromatic rings. The number of aromatic nitrogens is 2. The zero-order valence-electron chi connectivity index (χ0n) is 15.0. The molecule has 1 fully saturated rings. The van der Waals surface area contributed by atoms with Gasteiger partial charge in [-0.3, -0.25) is 4.79 Å². The molecule has 1 N–H and O–H groups in total. The first-order chi connectivity index (χ1) is 12.7. The average molecular weight is 353 g/mol. The van der Waals surface area contributed by atoms with Crippen molar-refractivity contribution in [2.45, 2.75) is 38.0 Å². The predicted octanol–water partition coefficient (Wildman–Crippen LogP) is 2.80. The van der Waals surface area contributed by atoms with Gasteiger partial charge in [0, 0.05) is 12.0 Å². The standard InChI is InChI=1S/C20H23N3O3/c1-14-10-15(12-22-23-14)19(24)21-13-20(6-2-3-7-20)16-4-5-17-18(11-16)26-9-8-25-17/h4-5,10-12H,2-3,6-9,13H2,1H3,(H,21,24). The number of benzene rings is 1. The lowest BCUT2D eigenvalue weighted by Crippen LogP contribution is -2.39. The Morgan fingerprint density at radius 1 is 1.15 bits per heavy atom. The van der Waals surface area contributed by atoms with Gasteiger partial charge >= 0.3 is 0 Å². The van der Waals surface area contributed by atoms with Crippen LogP contribution in [0.15, 0.2) is 30.5 Å². The monoisotopic (exact) mass is 353 g/mol. The molecule has 1 aliphatic heterocycles. The molecule has 0 bridgehead atoms. The summed E-state index contributed by atoms with van der Waals surface area (Å²) in [5, 5.41) is 10.9. The average Bonchev–Trinajstić information content (AvgIpc) is 3.16. The molecule has 26 heavy (non-hydrogen) atoms. The van der Waals surface area contributed by atoms with Crippen LogP contribution in [-0.2, 0) is 5.41 Å². The lowest BCUT2D eigenvalue weighted by molar-refractivity contribution is 0.0942. The Bertz CT molecular complexity index is 816. The van der Waals surface area contributed by atoms with Crippen LogP contribution in [-0.4, -0.2) is 35.9 Å². The van der Waals surface area contributed by atoms with Crippen LogP contribution in [0.25, 0.3) is 0 Å². The molecule has 2 heterocycles. The fraction of sp³-hybridized carbons (Fsp3) is 0.450. The van der Waals surface area contributed by atoms with Crippen LogP contribution in [0.4, 0.5) is 0 Å². The number of carbonyl (C=O) groups is 1. The second-order valence-corrected chi connectivity index (χ2v) is 7.11. The molecule has 1 aliphatic carbocycles. The highest BCUT2D eigenvalue weighted by molar-refractivity contribution is 5.93. The SMILES string of the molecule is Cc1cc(C(=O)NCC2(c3ccc4c(c3)OCCO4)CCCC2)cnn1. The number of ether oxygens (including phenoxy) is 2. The molecule has 0 radical (unpaired) electrons. The van der Waals surface area contributed by atoms with Gasteiger partial charge in [-0.25, -0.2) is 0 Å². The van der Waals surface area contributed by atoms with Crippen LogP contribution in [0.3, 0.4) is 0 Å². The lowest BCUT2D eigenvalue weighted by Gasteiger charge is -2.31. The van der Waals surface area contributed by atoms with Crippen LogP contribution >= 0.6 is 0 Å². The van der Waals surface area contributed by atoms with Gasteiger partial charge in [-0.15, -0.1) is 0 Å². The van der Waals surface area contributed by atoms with Crippen LogP contribution in [0.1, 0.15) is 47.3 Å². The first-order valence-corrected chi connectivity index (χ1v) is 9.14. The van der Waals surface area contributed by atoms with Crippen molar-refractivity contribution in [3.05, 3.63) is 47.3 Å². The smallest absolute Gasteiger partial charge is 0.253 e. The number of nitrogens with one attached hydrogen (secondary N) is 1. The Morgan fingerprint density at radius 2 is 1.92 bits per heavy atom. The molecule has 1 saturated carbocycles. The minimum absolute atomic E-state index is 0.0546. The maximum absolute atomic E-state index is 12.5. The Morgan fingerprint density at radius 3 is 2.69 bits per heavy atom. The number of carbonyl (C=O) groups excluding carboxylic acids is 1. The van der Waals surface area contributed by atoms with E-state index >= 15 is 0 Å². The van der Waals surface area contributed by atoms with E-state index in [1.54, 1.807) is 6.07 Å². The van der Waals surface area contributed by atoms with Gasteiger partial charge in [-0.2, -0.15) is 10.2 Å². The van der Waals surface area contributed by atoms with E-state index in [9.17, 15) is 4.79 Å². The van der Waals surface area contributed by atoms with Crippen molar-refractivity contribution in [3.63, 3.8) is 0 Å². The summed E-state index contributed by atoms with van der Waals surface area (Å²) < 4.78 is 11.4. The maximum Gasteiger partial charge on any atom is 0.253 e. The number of aryl methyl sites for hydroxylation is 1. The molecule has 0 atom stereocenters. The van der Waals surface area contributed by atoms with Crippen LogP contribution < -0.4 is 14.8 Å². The number of amides is 1. The molecule has 1 aromatic heterocycles. The van der Waals surface area contributed by atoms with Gasteiger partial charge in [0.15, 0.2) is 11.5 Å². The molecule has 0 unspecified atom stereocenters. The van der Waals surface area contributed by atoms with Crippen LogP contribution in [0, 0.1) is 6.92 Å². The van der Waals surface area contributed by atoms with Gasteiger partial charge in [0.25, 0.3) is 5.91 Å². The third-order valence-electron chi connectivity index (χ3n) is 5.34. The van der Waals surface area contributed by atoms with E-state index in [0.717, 1.165) is 30.0 Å². The number of nitrogens with zero attached hydrogens (tertiary/aromatic N) is 2. The van der Waals surface area contributed by atoms with Crippen molar-refractivity contribution in [1.82, 2.24) is 15.5 Å². The van der Waals surface area contributed by atoms with Crippen molar-refractivity contribution in [1.29, 1.82) is 0 Å². The largest absolute Gasteiger partial charge is 0.486 e. The summed E-state index contributed by atoms with van der Waals surface area (Å²) in [6.07, 6.45) is 5.95. The Balaban J connectivity index is 1.54. The quantitative estimate of drug-likeness (QED) is 0.915. The molecule has 1 aromatic carbocycles. The molecule has 0 spiro atoms. The molecular formula is C20H23N3O3. The Kier molecular flexibility index (Phi) is 4.49.